The smallest absolute Gasteiger partial charge is 0.163 e. The number of benzene rings is 1. The summed E-state index contributed by atoms with van der Waals surface area (Å²) in [6, 6.07) is 3.53. The van der Waals surface area contributed by atoms with Crippen LogP contribution in [-0.4, -0.2) is 12.4 Å². The minimum absolute atomic E-state index is 0.0205. The molecule has 0 aliphatic heterocycles. The van der Waals surface area contributed by atoms with Gasteiger partial charge in [-0.05, 0) is 37.5 Å². The van der Waals surface area contributed by atoms with Crippen LogP contribution in [0.1, 0.15) is 49.5 Å². The minimum atomic E-state index is -0.0205. The van der Waals surface area contributed by atoms with Crippen molar-refractivity contribution in [3.8, 4) is 5.75 Å². The van der Waals surface area contributed by atoms with E-state index in [9.17, 15) is 4.79 Å². The van der Waals surface area contributed by atoms with Gasteiger partial charge in [0.15, 0.2) is 5.78 Å². The van der Waals surface area contributed by atoms with Gasteiger partial charge in [-0.25, -0.2) is 0 Å². The van der Waals surface area contributed by atoms with Gasteiger partial charge in [-0.15, -0.1) is 0 Å². The molecule has 0 fully saturated rings. The van der Waals surface area contributed by atoms with E-state index in [1.807, 2.05) is 13.0 Å². The fourth-order valence-corrected chi connectivity index (χ4v) is 1.84. The zero-order chi connectivity index (χ0) is 12.3. The Kier molecular flexibility index (Phi) is 4.36. The lowest BCUT2D eigenvalue weighted by Gasteiger charge is -2.16. The van der Waals surface area contributed by atoms with Gasteiger partial charge in [0.1, 0.15) is 5.75 Å². The van der Waals surface area contributed by atoms with Crippen LogP contribution < -0.4 is 4.74 Å². The Morgan fingerprint density at radius 2 is 2.06 bits per heavy atom. The zero-order valence-corrected chi connectivity index (χ0v) is 10.9. The molecule has 0 aliphatic carbocycles. The highest BCUT2D eigenvalue weighted by Crippen LogP contribution is 2.33. The fraction of sp³-hybridized carbons (Fsp3) is 0.462. The first-order valence-corrected chi connectivity index (χ1v) is 5.82. The third kappa shape index (κ3) is 2.76. The van der Waals surface area contributed by atoms with Crippen LogP contribution in [0.3, 0.4) is 0 Å². The molecule has 0 saturated carbocycles. The Morgan fingerprint density at radius 3 is 2.50 bits per heavy atom. The van der Waals surface area contributed by atoms with Crippen LogP contribution in [0.25, 0.3) is 0 Å². The number of Topliss-reactive ketones (excluding diaryl/α,β-unsaturated/α-hetero) is 1. The van der Waals surface area contributed by atoms with Crippen molar-refractivity contribution in [3.05, 3.63) is 28.3 Å². The highest BCUT2D eigenvalue weighted by Gasteiger charge is 2.16. The van der Waals surface area contributed by atoms with E-state index in [1.165, 1.54) is 6.92 Å². The SMILES string of the molecule is CCOc1c(C(C)=O)cc(Cl)cc1C(C)C. The summed E-state index contributed by atoms with van der Waals surface area (Å²) in [5, 5.41) is 0.581. The van der Waals surface area contributed by atoms with Gasteiger partial charge in [0, 0.05) is 5.02 Å². The quantitative estimate of drug-likeness (QED) is 0.742. The molecule has 0 N–H and O–H groups in total. The first-order chi connectivity index (χ1) is 7.47. The molecule has 0 unspecified atom stereocenters. The average Bonchev–Trinajstić information content (AvgIpc) is 2.19. The number of carbonyl (C=O) groups excluding carboxylic acids is 1. The Bertz CT molecular complexity index is 397. The van der Waals surface area contributed by atoms with Crippen LogP contribution in [0.5, 0.6) is 5.75 Å². The molecule has 0 atom stereocenters. The maximum atomic E-state index is 11.5. The standard InChI is InChI=1S/C13H17ClO2/c1-5-16-13-11(8(2)3)6-10(14)7-12(13)9(4)15/h6-8H,5H2,1-4H3. The van der Waals surface area contributed by atoms with Crippen molar-refractivity contribution in [1.82, 2.24) is 0 Å². The second-order valence-electron chi connectivity index (χ2n) is 4.02. The van der Waals surface area contributed by atoms with E-state index < -0.39 is 0 Å². The fourth-order valence-electron chi connectivity index (χ4n) is 1.61. The Hall–Kier alpha value is -1.02. The molecule has 0 aromatic heterocycles. The summed E-state index contributed by atoms with van der Waals surface area (Å²) in [6.45, 7) is 8.08. The lowest BCUT2D eigenvalue weighted by atomic mass is 9.97. The van der Waals surface area contributed by atoms with Gasteiger partial charge >= 0.3 is 0 Å². The molecular weight excluding hydrogens is 224 g/mol. The Morgan fingerprint density at radius 1 is 1.44 bits per heavy atom. The minimum Gasteiger partial charge on any atom is -0.493 e. The number of hydrogen-bond acceptors (Lipinski definition) is 2. The molecule has 88 valence electrons. The normalized spacial score (nSPS) is 10.6. The molecular formula is C13H17ClO2. The van der Waals surface area contributed by atoms with E-state index in [1.54, 1.807) is 6.07 Å². The van der Waals surface area contributed by atoms with Crippen molar-refractivity contribution >= 4 is 17.4 Å². The van der Waals surface area contributed by atoms with Crippen LogP contribution in [-0.2, 0) is 0 Å². The lowest BCUT2D eigenvalue weighted by molar-refractivity contribution is 0.101. The first-order valence-electron chi connectivity index (χ1n) is 5.44. The molecule has 0 radical (unpaired) electrons. The van der Waals surface area contributed by atoms with Crippen LogP contribution in [0.15, 0.2) is 12.1 Å². The topological polar surface area (TPSA) is 26.3 Å². The summed E-state index contributed by atoms with van der Waals surface area (Å²) in [7, 11) is 0. The number of hydrogen-bond donors (Lipinski definition) is 0. The third-order valence-corrected chi connectivity index (χ3v) is 2.59. The van der Waals surface area contributed by atoms with Crippen LogP contribution >= 0.6 is 11.6 Å². The second-order valence-corrected chi connectivity index (χ2v) is 4.45. The van der Waals surface area contributed by atoms with E-state index in [0.29, 0.717) is 22.9 Å². The monoisotopic (exact) mass is 240 g/mol. The van der Waals surface area contributed by atoms with Gasteiger partial charge in [0.25, 0.3) is 0 Å². The molecule has 0 spiro atoms. The van der Waals surface area contributed by atoms with Crippen LogP contribution in [0.2, 0.25) is 5.02 Å². The van der Waals surface area contributed by atoms with E-state index in [2.05, 4.69) is 13.8 Å². The molecule has 0 amide bonds. The van der Waals surface area contributed by atoms with Crippen LogP contribution in [0.4, 0.5) is 0 Å². The highest BCUT2D eigenvalue weighted by atomic mass is 35.5. The van der Waals surface area contributed by atoms with E-state index >= 15 is 0 Å². The average molecular weight is 241 g/mol. The number of ether oxygens (including phenoxy) is 1. The maximum Gasteiger partial charge on any atom is 0.163 e. The summed E-state index contributed by atoms with van der Waals surface area (Å²) >= 11 is 6.00. The van der Waals surface area contributed by atoms with Gasteiger partial charge in [-0.1, -0.05) is 25.4 Å². The molecule has 3 heteroatoms. The molecule has 0 bridgehead atoms. The number of ketones is 1. The van der Waals surface area contributed by atoms with E-state index in [4.69, 9.17) is 16.3 Å². The summed E-state index contributed by atoms with van der Waals surface area (Å²) in [4.78, 5) is 11.5. The van der Waals surface area contributed by atoms with Gasteiger partial charge in [-0.2, -0.15) is 0 Å². The molecule has 2 nitrogen and oxygen atoms in total. The van der Waals surface area contributed by atoms with E-state index in [-0.39, 0.29) is 11.7 Å². The van der Waals surface area contributed by atoms with Crippen molar-refractivity contribution in [2.24, 2.45) is 0 Å². The molecule has 1 rings (SSSR count). The largest absolute Gasteiger partial charge is 0.493 e. The van der Waals surface area contributed by atoms with Crippen molar-refractivity contribution in [2.45, 2.75) is 33.6 Å². The molecule has 0 aliphatic rings. The van der Waals surface area contributed by atoms with Gasteiger partial charge in [-0.3, -0.25) is 4.79 Å². The number of halogens is 1. The number of rotatable bonds is 4. The van der Waals surface area contributed by atoms with Crippen molar-refractivity contribution in [1.29, 1.82) is 0 Å². The Balaban J connectivity index is 3.41. The summed E-state index contributed by atoms with van der Waals surface area (Å²) in [5.41, 5.74) is 1.55. The number of carbonyl (C=O) groups is 1. The molecule has 0 saturated heterocycles. The van der Waals surface area contributed by atoms with Crippen molar-refractivity contribution < 1.29 is 9.53 Å². The second kappa shape index (κ2) is 5.35. The summed E-state index contributed by atoms with van der Waals surface area (Å²) < 4.78 is 5.57. The molecule has 16 heavy (non-hydrogen) atoms. The van der Waals surface area contributed by atoms with Crippen LogP contribution in [0, 0.1) is 0 Å². The maximum absolute atomic E-state index is 11.5. The zero-order valence-electron chi connectivity index (χ0n) is 10.1. The summed E-state index contributed by atoms with van der Waals surface area (Å²) in [5.74, 6) is 0.931. The van der Waals surface area contributed by atoms with Gasteiger partial charge in [0.05, 0.1) is 12.2 Å². The molecule has 1 aromatic rings. The first kappa shape index (κ1) is 13.0. The predicted molar refractivity (Wildman–Crippen MR) is 66.7 cm³/mol. The van der Waals surface area contributed by atoms with Gasteiger partial charge < -0.3 is 4.74 Å². The Labute approximate surface area is 102 Å². The molecule has 1 aromatic carbocycles. The van der Waals surface area contributed by atoms with E-state index in [0.717, 1.165) is 5.56 Å². The predicted octanol–water partition coefficient (Wildman–Crippen LogP) is 4.06. The van der Waals surface area contributed by atoms with Crippen molar-refractivity contribution in [2.75, 3.05) is 6.61 Å². The summed E-state index contributed by atoms with van der Waals surface area (Å²) in [6.07, 6.45) is 0. The van der Waals surface area contributed by atoms with Crippen molar-refractivity contribution in [3.63, 3.8) is 0 Å². The molecule has 0 heterocycles. The van der Waals surface area contributed by atoms with Gasteiger partial charge in [0.2, 0.25) is 0 Å². The third-order valence-electron chi connectivity index (χ3n) is 2.37. The lowest BCUT2D eigenvalue weighted by Crippen LogP contribution is -2.05. The highest BCUT2D eigenvalue weighted by molar-refractivity contribution is 6.31.